The van der Waals surface area contributed by atoms with Crippen LogP contribution in [0.3, 0.4) is 0 Å². The Morgan fingerprint density at radius 1 is 1.22 bits per heavy atom. The molecule has 0 heterocycles. The molecule has 1 N–H and O–H groups in total. The molecule has 102 valence electrons. The molecule has 0 saturated heterocycles. The molecule has 0 radical (unpaired) electrons. The van der Waals surface area contributed by atoms with Crippen LogP contribution in [-0.4, -0.2) is 23.5 Å². The summed E-state index contributed by atoms with van der Waals surface area (Å²) in [5, 5.41) is 2.93. The van der Waals surface area contributed by atoms with Gasteiger partial charge in [0.15, 0.2) is 0 Å². The van der Waals surface area contributed by atoms with Crippen LogP contribution in [0, 0.1) is 11.8 Å². The molecular weight excluding hydrogens is 230 g/mol. The first kappa shape index (κ1) is 13.4. The van der Waals surface area contributed by atoms with Crippen LogP contribution < -0.4 is 5.32 Å². The maximum atomic E-state index is 11.7. The van der Waals surface area contributed by atoms with E-state index >= 15 is 0 Å². The minimum absolute atomic E-state index is 0.173. The summed E-state index contributed by atoms with van der Waals surface area (Å²) in [4.78, 5) is 23.1. The van der Waals surface area contributed by atoms with E-state index in [4.69, 9.17) is 4.74 Å². The lowest BCUT2D eigenvalue weighted by Crippen LogP contribution is -2.42. The van der Waals surface area contributed by atoms with E-state index in [1.54, 1.807) is 0 Å². The average Bonchev–Trinajstić information content (AvgIpc) is 2.53. The van der Waals surface area contributed by atoms with E-state index < -0.39 is 5.60 Å². The third-order valence-electron chi connectivity index (χ3n) is 3.84. The molecule has 0 aromatic carbocycles. The van der Waals surface area contributed by atoms with E-state index in [0.29, 0.717) is 24.0 Å². The smallest absolute Gasteiger partial charge is 0.407 e. The van der Waals surface area contributed by atoms with Crippen LogP contribution in [-0.2, 0) is 9.53 Å². The van der Waals surface area contributed by atoms with E-state index in [1.807, 2.05) is 20.8 Å². The van der Waals surface area contributed by atoms with Crippen LogP contribution in [0.5, 0.6) is 0 Å². The van der Waals surface area contributed by atoms with Gasteiger partial charge in [-0.15, -0.1) is 0 Å². The monoisotopic (exact) mass is 253 g/mol. The van der Waals surface area contributed by atoms with Crippen molar-refractivity contribution in [3.8, 4) is 0 Å². The Hall–Kier alpha value is -1.06. The van der Waals surface area contributed by atoms with Crippen LogP contribution in [0.15, 0.2) is 0 Å². The molecule has 0 aromatic heterocycles. The van der Waals surface area contributed by atoms with Crippen molar-refractivity contribution in [1.29, 1.82) is 0 Å². The molecule has 2 aliphatic carbocycles. The molecule has 0 spiro atoms. The van der Waals surface area contributed by atoms with Gasteiger partial charge in [-0.1, -0.05) is 0 Å². The molecule has 18 heavy (non-hydrogen) atoms. The fourth-order valence-corrected chi connectivity index (χ4v) is 3.12. The van der Waals surface area contributed by atoms with Gasteiger partial charge in [0.2, 0.25) is 0 Å². The second-order valence-corrected chi connectivity index (χ2v) is 6.62. The summed E-state index contributed by atoms with van der Waals surface area (Å²) in [5.74, 6) is 1.43. The first-order valence-electron chi connectivity index (χ1n) is 6.85. The van der Waals surface area contributed by atoms with Crippen molar-refractivity contribution in [2.45, 2.75) is 64.5 Å². The lowest BCUT2D eigenvalue weighted by molar-refractivity contribution is -0.117. The number of nitrogens with one attached hydrogen (secondary N) is 1. The summed E-state index contributed by atoms with van der Waals surface area (Å²) in [6, 6.07) is 0.173. The molecule has 2 fully saturated rings. The Balaban J connectivity index is 1.81. The van der Waals surface area contributed by atoms with Gasteiger partial charge in [-0.3, -0.25) is 4.79 Å². The number of amides is 1. The van der Waals surface area contributed by atoms with Gasteiger partial charge in [0.05, 0.1) is 0 Å². The molecule has 0 aromatic rings. The number of hydrogen-bond acceptors (Lipinski definition) is 3. The zero-order valence-electron chi connectivity index (χ0n) is 11.5. The topological polar surface area (TPSA) is 55.4 Å². The number of Topliss-reactive ketones (excluding diaryl/α,β-unsaturated/α-hetero) is 1. The number of rotatable bonds is 1. The van der Waals surface area contributed by atoms with Crippen LogP contribution in [0.2, 0.25) is 0 Å². The second kappa shape index (κ2) is 4.90. The van der Waals surface area contributed by atoms with Crippen molar-refractivity contribution in [2.24, 2.45) is 11.8 Å². The fourth-order valence-electron chi connectivity index (χ4n) is 3.12. The third-order valence-corrected chi connectivity index (χ3v) is 3.84. The van der Waals surface area contributed by atoms with E-state index in [0.717, 1.165) is 25.7 Å². The van der Waals surface area contributed by atoms with Crippen molar-refractivity contribution in [1.82, 2.24) is 5.32 Å². The molecule has 3 atom stereocenters. The first-order chi connectivity index (χ1) is 8.33. The molecule has 0 aliphatic heterocycles. The zero-order valence-corrected chi connectivity index (χ0v) is 11.5. The Morgan fingerprint density at radius 2 is 1.89 bits per heavy atom. The quantitative estimate of drug-likeness (QED) is 0.781. The summed E-state index contributed by atoms with van der Waals surface area (Å²) in [5.41, 5.74) is -0.454. The van der Waals surface area contributed by atoms with Crippen LogP contribution in [0.25, 0.3) is 0 Å². The second-order valence-electron chi connectivity index (χ2n) is 6.62. The van der Waals surface area contributed by atoms with Crippen molar-refractivity contribution < 1.29 is 14.3 Å². The zero-order chi connectivity index (χ0) is 13.3. The van der Waals surface area contributed by atoms with Gasteiger partial charge < -0.3 is 10.1 Å². The SMILES string of the molecule is CC(C)(C)OC(=O)NC1CC[C@H]2CC(=O)C[C@@H]2C1. The normalized spacial score (nSPS) is 31.9. The summed E-state index contributed by atoms with van der Waals surface area (Å²) in [7, 11) is 0. The van der Waals surface area contributed by atoms with Gasteiger partial charge in [-0.2, -0.15) is 0 Å². The third kappa shape index (κ3) is 3.47. The van der Waals surface area contributed by atoms with Crippen LogP contribution >= 0.6 is 0 Å². The van der Waals surface area contributed by atoms with Gasteiger partial charge in [0, 0.05) is 18.9 Å². The molecule has 2 saturated carbocycles. The standard InChI is InChI=1S/C14H23NO3/c1-14(2,3)18-13(17)15-11-5-4-9-7-12(16)8-10(9)6-11/h9-11H,4-8H2,1-3H3,(H,15,17)/t9-,10-,11?/m0/s1. The van der Waals surface area contributed by atoms with E-state index in [2.05, 4.69) is 5.32 Å². The van der Waals surface area contributed by atoms with Gasteiger partial charge in [-0.25, -0.2) is 4.79 Å². The average molecular weight is 253 g/mol. The number of alkyl carbamates (subject to hydrolysis) is 1. The summed E-state index contributed by atoms with van der Waals surface area (Å²) in [6.07, 6.45) is 4.07. The molecule has 4 nitrogen and oxygen atoms in total. The molecule has 0 bridgehead atoms. The lowest BCUT2D eigenvalue weighted by atomic mass is 9.79. The molecule has 4 heteroatoms. The summed E-state index contributed by atoms with van der Waals surface area (Å²) >= 11 is 0. The summed E-state index contributed by atoms with van der Waals surface area (Å²) in [6.45, 7) is 5.58. The van der Waals surface area contributed by atoms with Gasteiger partial charge >= 0.3 is 6.09 Å². The van der Waals surface area contributed by atoms with Crippen LogP contribution in [0.1, 0.15) is 52.9 Å². The highest BCUT2D eigenvalue weighted by atomic mass is 16.6. The number of hydrogen-bond donors (Lipinski definition) is 1. The van der Waals surface area contributed by atoms with Crippen molar-refractivity contribution in [3.05, 3.63) is 0 Å². The molecular formula is C14H23NO3. The predicted octanol–water partition coefficient (Wildman–Crippen LogP) is 2.66. The Labute approximate surface area is 108 Å². The predicted molar refractivity (Wildman–Crippen MR) is 68.2 cm³/mol. The molecule has 2 aliphatic rings. The highest BCUT2D eigenvalue weighted by Gasteiger charge is 2.38. The highest BCUT2D eigenvalue weighted by molar-refractivity contribution is 5.81. The van der Waals surface area contributed by atoms with Gasteiger partial charge in [-0.05, 0) is 51.9 Å². The maximum absolute atomic E-state index is 11.7. The molecule has 1 amide bonds. The number of fused-ring (bicyclic) bond motifs is 1. The minimum Gasteiger partial charge on any atom is -0.444 e. The fraction of sp³-hybridized carbons (Fsp3) is 0.857. The van der Waals surface area contributed by atoms with Crippen molar-refractivity contribution in [3.63, 3.8) is 0 Å². The molecule has 2 rings (SSSR count). The van der Waals surface area contributed by atoms with Crippen molar-refractivity contribution in [2.75, 3.05) is 0 Å². The maximum Gasteiger partial charge on any atom is 0.407 e. The van der Waals surface area contributed by atoms with Crippen LogP contribution in [0.4, 0.5) is 4.79 Å². The Morgan fingerprint density at radius 3 is 2.56 bits per heavy atom. The number of ketones is 1. The summed E-state index contributed by atoms with van der Waals surface area (Å²) < 4.78 is 5.26. The van der Waals surface area contributed by atoms with E-state index in [9.17, 15) is 9.59 Å². The lowest BCUT2D eigenvalue weighted by Gasteiger charge is -2.32. The van der Waals surface area contributed by atoms with E-state index in [-0.39, 0.29) is 12.1 Å². The number of carbonyl (C=O) groups excluding carboxylic acids is 2. The minimum atomic E-state index is -0.454. The Bertz CT molecular complexity index is 345. The van der Waals surface area contributed by atoms with E-state index in [1.165, 1.54) is 0 Å². The van der Waals surface area contributed by atoms with Gasteiger partial charge in [0.25, 0.3) is 0 Å². The number of ether oxygens (including phenoxy) is 1. The highest BCUT2D eigenvalue weighted by Crippen LogP contribution is 2.40. The van der Waals surface area contributed by atoms with Crippen molar-refractivity contribution >= 4 is 11.9 Å². The number of carbonyl (C=O) groups is 2. The largest absolute Gasteiger partial charge is 0.444 e. The van der Waals surface area contributed by atoms with Gasteiger partial charge in [0.1, 0.15) is 11.4 Å². The Kier molecular flexibility index (Phi) is 3.64. The first-order valence-corrected chi connectivity index (χ1v) is 6.85. The molecule has 1 unspecified atom stereocenters.